The second-order valence-electron chi connectivity index (χ2n) is 7.67. The molecule has 0 bridgehead atoms. The van der Waals surface area contributed by atoms with E-state index in [0.29, 0.717) is 17.4 Å². The second kappa shape index (κ2) is 11.2. The molecule has 2 N–H and O–H groups in total. The van der Waals surface area contributed by atoms with E-state index in [1.165, 1.54) is 19.3 Å². The van der Waals surface area contributed by atoms with Crippen LogP contribution in [0.25, 0.3) is 0 Å². The Morgan fingerprint density at radius 2 is 1.72 bits per heavy atom. The lowest BCUT2D eigenvalue weighted by Crippen LogP contribution is -2.60. The van der Waals surface area contributed by atoms with Crippen LogP contribution >= 0.6 is 0 Å². The third kappa shape index (κ3) is 7.11. The first-order valence-corrected chi connectivity index (χ1v) is 10.3. The highest BCUT2D eigenvalue weighted by molar-refractivity contribution is 5.94. The van der Waals surface area contributed by atoms with Crippen LogP contribution in [0.5, 0.6) is 5.75 Å². The van der Waals surface area contributed by atoms with Gasteiger partial charge in [-0.25, -0.2) is 9.59 Å². The maximum atomic E-state index is 13.0. The number of piperidine rings is 1. The minimum Gasteiger partial charge on any atom is -0.482 e. The van der Waals surface area contributed by atoms with E-state index >= 15 is 0 Å². The summed E-state index contributed by atoms with van der Waals surface area (Å²) in [4.78, 5) is 37.0. The summed E-state index contributed by atoms with van der Waals surface area (Å²) >= 11 is 0. The minimum absolute atomic E-state index is 0.0573. The molecule has 0 spiro atoms. The van der Waals surface area contributed by atoms with Crippen LogP contribution in [0, 0.1) is 0 Å². The highest BCUT2D eigenvalue weighted by Crippen LogP contribution is 2.27. The predicted molar refractivity (Wildman–Crippen MR) is 108 cm³/mol. The molecule has 2 heterocycles. The number of carboxylic acid groups (broad SMARTS) is 2. The van der Waals surface area contributed by atoms with Gasteiger partial charge < -0.3 is 19.8 Å². The summed E-state index contributed by atoms with van der Waals surface area (Å²) in [5.74, 6) is -3.26. The largest absolute Gasteiger partial charge is 0.490 e. The first-order chi connectivity index (χ1) is 15.0. The molecule has 32 heavy (non-hydrogen) atoms. The van der Waals surface area contributed by atoms with Crippen molar-refractivity contribution in [3.05, 3.63) is 29.8 Å². The van der Waals surface area contributed by atoms with Gasteiger partial charge in [-0.3, -0.25) is 9.69 Å². The summed E-state index contributed by atoms with van der Waals surface area (Å²) in [5, 5.41) is 15.8. The zero-order chi connectivity index (χ0) is 23.9. The van der Waals surface area contributed by atoms with Gasteiger partial charge in [-0.15, -0.1) is 0 Å². The van der Waals surface area contributed by atoms with Gasteiger partial charge in [0.1, 0.15) is 5.75 Å². The first-order valence-electron chi connectivity index (χ1n) is 10.3. The Balaban J connectivity index is 0.000000451. The van der Waals surface area contributed by atoms with Crippen molar-refractivity contribution in [2.45, 2.75) is 50.9 Å². The summed E-state index contributed by atoms with van der Waals surface area (Å²) in [6, 6.07) is 7.50. The van der Waals surface area contributed by atoms with Crippen LogP contribution in [-0.4, -0.2) is 82.4 Å². The monoisotopic (exact) mass is 460 g/mol. The number of alkyl halides is 3. The average Bonchev–Trinajstić information content (AvgIpc) is 2.76. The van der Waals surface area contributed by atoms with Gasteiger partial charge in [0.15, 0.2) is 6.61 Å². The smallest absolute Gasteiger partial charge is 0.482 e. The molecule has 8 nitrogen and oxygen atoms in total. The van der Waals surface area contributed by atoms with Crippen molar-refractivity contribution in [2.24, 2.45) is 0 Å². The number of halogens is 3. The van der Waals surface area contributed by atoms with E-state index in [1.807, 2.05) is 4.90 Å². The number of hydrogen-bond donors (Lipinski definition) is 2. The Bertz CT molecular complexity index is 800. The van der Waals surface area contributed by atoms with Crippen LogP contribution in [0.15, 0.2) is 24.3 Å². The predicted octanol–water partition coefficient (Wildman–Crippen LogP) is 2.87. The number of rotatable bonds is 5. The second-order valence-corrected chi connectivity index (χ2v) is 7.67. The number of amides is 1. The van der Waals surface area contributed by atoms with Gasteiger partial charge in [0.2, 0.25) is 0 Å². The number of aliphatic carboxylic acids is 2. The topological polar surface area (TPSA) is 107 Å². The molecule has 2 fully saturated rings. The van der Waals surface area contributed by atoms with E-state index in [2.05, 4.69) is 11.8 Å². The molecule has 2 atom stereocenters. The van der Waals surface area contributed by atoms with Crippen LogP contribution in [0.3, 0.4) is 0 Å². The molecular formula is C21H27F3N2O6. The van der Waals surface area contributed by atoms with Crippen molar-refractivity contribution in [2.75, 3.05) is 26.2 Å². The van der Waals surface area contributed by atoms with Gasteiger partial charge in [0, 0.05) is 30.7 Å². The summed E-state index contributed by atoms with van der Waals surface area (Å²) in [5.41, 5.74) is 0.630. The van der Waals surface area contributed by atoms with E-state index in [0.717, 1.165) is 26.1 Å². The van der Waals surface area contributed by atoms with E-state index < -0.39 is 18.1 Å². The fourth-order valence-electron chi connectivity index (χ4n) is 3.86. The summed E-state index contributed by atoms with van der Waals surface area (Å²) in [6.07, 6.45) is -0.453. The number of carbonyl (C=O) groups is 3. The number of benzene rings is 1. The Morgan fingerprint density at radius 3 is 2.25 bits per heavy atom. The van der Waals surface area contributed by atoms with Crippen LogP contribution in [0.2, 0.25) is 0 Å². The number of piperazine rings is 1. The first kappa shape index (κ1) is 25.4. The van der Waals surface area contributed by atoms with E-state index in [-0.39, 0.29) is 18.6 Å². The molecule has 2 aliphatic heterocycles. The summed E-state index contributed by atoms with van der Waals surface area (Å²) in [6.45, 7) is 4.67. The molecule has 3 rings (SSSR count). The van der Waals surface area contributed by atoms with E-state index in [9.17, 15) is 22.8 Å². The van der Waals surface area contributed by atoms with Crippen molar-refractivity contribution < 1.29 is 42.5 Å². The number of ether oxygens (including phenoxy) is 1. The molecule has 1 aromatic rings. The third-order valence-corrected chi connectivity index (χ3v) is 5.48. The SMILES string of the molecule is CCC1CN2CCCCC2CN1C(=O)c1ccc(OCC(=O)O)cc1.O=C(O)C(F)(F)F. The summed E-state index contributed by atoms with van der Waals surface area (Å²) in [7, 11) is 0. The van der Waals surface area contributed by atoms with Gasteiger partial charge in [0.25, 0.3) is 5.91 Å². The van der Waals surface area contributed by atoms with Crippen molar-refractivity contribution in [1.82, 2.24) is 9.80 Å². The molecule has 0 radical (unpaired) electrons. The molecule has 1 amide bonds. The molecule has 0 saturated carbocycles. The molecule has 2 saturated heterocycles. The Hall–Kier alpha value is -2.82. The van der Waals surface area contributed by atoms with Crippen LogP contribution < -0.4 is 4.74 Å². The van der Waals surface area contributed by atoms with E-state index in [4.69, 9.17) is 19.7 Å². The van der Waals surface area contributed by atoms with Crippen LogP contribution in [0.4, 0.5) is 13.2 Å². The van der Waals surface area contributed by atoms with Gasteiger partial charge >= 0.3 is 18.1 Å². The lowest BCUT2D eigenvalue weighted by Gasteiger charge is -2.48. The number of hydrogen-bond acceptors (Lipinski definition) is 5. The Kier molecular flexibility index (Phi) is 8.88. The highest BCUT2D eigenvalue weighted by Gasteiger charge is 2.38. The quantitative estimate of drug-likeness (QED) is 0.696. The number of nitrogens with zero attached hydrogens (tertiary/aromatic N) is 2. The van der Waals surface area contributed by atoms with Crippen LogP contribution in [-0.2, 0) is 9.59 Å². The fraction of sp³-hybridized carbons (Fsp3) is 0.571. The maximum Gasteiger partial charge on any atom is 0.490 e. The molecule has 11 heteroatoms. The molecular weight excluding hydrogens is 433 g/mol. The van der Waals surface area contributed by atoms with Gasteiger partial charge in [-0.1, -0.05) is 13.3 Å². The number of carboxylic acids is 2. The fourth-order valence-corrected chi connectivity index (χ4v) is 3.86. The zero-order valence-electron chi connectivity index (χ0n) is 17.7. The average molecular weight is 460 g/mol. The molecule has 0 aliphatic carbocycles. The standard InChI is InChI=1S/C19H26N2O4.C2HF3O2/c1-2-15-11-20-10-4-3-5-16(20)12-21(15)19(24)14-6-8-17(9-7-14)25-13-18(22)23;3-2(4,5)1(6)7/h6-9,15-16H,2-5,10-13H2,1H3,(H,22,23);(H,6,7). The maximum absolute atomic E-state index is 13.0. The highest BCUT2D eigenvalue weighted by atomic mass is 19.4. The molecule has 2 aliphatic rings. The van der Waals surface area contributed by atoms with Crippen LogP contribution in [0.1, 0.15) is 43.0 Å². The lowest BCUT2D eigenvalue weighted by atomic mass is 9.95. The van der Waals surface area contributed by atoms with Crippen molar-refractivity contribution in [1.29, 1.82) is 0 Å². The molecule has 1 aromatic carbocycles. The summed E-state index contributed by atoms with van der Waals surface area (Å²) < 4.78 is 36.9. The zero-order valence-corrected chi connectivity index (χ0v) is 17.7. The Morgan fingerprint density at radius 1 is 1.09 bits per heavy atom. The van der Waals surface area contributed by atoms with Crippen molar-refractivity contribution >= 4 is 17.8 Å². The van der Waals surface area contributed by atoms with Gasteiger partial charge in [-0.2, -0.15) is 13.2 Å². The number of fused-ring (bicyclic) bond motifs is 1. The van der Waals surface area contributed by atoms with E-state index in [1.54, 1.807) is 24.3 Å². The third-order valence-electron chi connectivity index (χ3n) is 5.48. The molecule has 2 unspecified atom stereocenters. The van der Waals surface area contributed by atoms with Crippen molar-refractivity contribution in [3.63, 3.8) is 0 Å². The normalized spacial score (nSPS) is 21.1. The van der Waals surface area contributed by atoms with Gasteiger partial charge in [0.05, 0.1) is 0 Å². The molecule has 178 valence electrons. The Labute approximate surface area is 183 Å². The minimum atomic E-state index is -5.08. The van der Waals surface area contributed by atoms with Gasteiger partial charge in [-0.05, 0) is 50.1 Å². The van der Waals surface area contributed by atoms with Crippen molar-refractivity contribution in [3.8, 4) is 5.75 Å². The lowest BCUT2D eigenvalue weighted by molar-refractivity contribution is -0.192. The molecule has 0 aromatic heterocycles. The number of carbonyl (C=O) groups excluding carboxylic acids is 1.